The second kappa shape index (κ2) is 5.45. The molecule has 0 unspecified atom stereocenters. The minimum Gasteiger partial charge on any atom is -0.378 e. The molecule has 0 aromatic carbocycles. The first-order chi connectivity index (χ1) is 8.58. The Morgan fingerprint density at radius 2 is 2.06 bits per heavy atom. The molecule has 18 heavy (non-hydrogen) atoms. The van der Waals surface area contributed by atoms with E-state index in [1.807, 2.05) is 6.92 Å². The van der Waals surface area contributed by atoms with Crippen molar-refractivity contribution in [1.29, 1.82) is 0 Å². The Labute approximate surface area is 109 Å². The van der Waals surface area contributed by atoms with Crippen LogP contribution in [0.4, 0.5) is 9.93 Å². The van der Waals surface area contributed by atoms with Gasteiger partial charge in [0.1, 0.15) is 5.69 Å². The Morgan fingerprint density at radius 1 is 1.39 bits per heavy atom. The summed E-state index contributed by atoms with van der Waals surface area (Å²) in [4.78, 5) is 29.8. The smallest absolute Gasteiger partial charge is 0.323 e. The van der Waals surface area contributed by atoms with Gasteiger partial charge in [0.25, 0.3) is 0 Å². The van der Waals surface area contributed by atoms with Crippen LogP contribution in [0, 0.1) is 6.92 Å². The molecule has 7 heteroatoms. The summed E-state index contributed by atoms with van der Waals surface area (Å²) in [5.41, 5.74) is 0.428. The number of urea groups is 1. The van der Waals surface area contributed by atoms with Crippen LogP contribution in [0.1, 0.15) is 22.3 Å². The number of carbonyl (C=O) groups is 2. The average molecular weight is 269 g/mol. The minimum absolute atomic E-state index is 0.0874. The second-order valence-electron chi connectivity index (χ2n) is 4.01. The lowest BCUT2D eigenvalue weighted by Gasteiger charge is -2.26. The van der Waals surface area contributed by atoms with Crippen LogP contribution < -0.4 is 5.32 Å². The predicted molar refractivity (Wildman–Crippen MR) is 68.3 cm³/mol. The van der Waals surface area contributed by atoms with E-state index >= 15 is 0 Å². The van der Waals surface area contributed by atoms with E-state index in [2.05, 4.69) is 10.3 Å². The number of aromatic nitrogens is 1. The average Bonchev–Trinajstić information content (AvgIpc) is 2.71. The van der Waals surface area contributed by atoms with Gasteiger partial charge >= 0.3 is 6.03 Å². The zero-order valence-corrected chi connectivity index (χ0v) is 11.2. The molecule has 1 fully saturated rings. The minimum atomic E-state index is -0.192. The molecule has 0 atom stereocenters. The van der Waals surface area contributed by atoms with Crippen molar-refractivity contribution in [1.82, 2.24) is 9.88 Å². The van der Waals surface area contributed by atoms with E-state index in [4.69, 9.17) is 4.74 Å². The summed E-state index contributed by atoms with van der Waals surface area (Å²) in [6.45, 7) is 5.56. The number of ether oxygens (including phenoxy) is 1. The number of anilines is 1. The van der Waals surface area contributed by atoms with Gasteiger partial charge in [-0.05, 0) is 6.92 Å². The number of rotatable bonds is 2. The lowest BCUT2D eigenvalue weighted by molar-refractivity contribution is 0.0564. The Kier molecular flexibility index (Phi) is 3.93. The summed E-state index contributed by atoms with van der Waals surface area (Å²) < 4.78 is 5.18. The largest absolute Gasteiger partial charge is 0.378 e. The van der Waals surface area contributed by atoms with Crippen molar-refractivity contribution in [3.8, 4) is 0 Å². The molecule has 1 aromatic heterocycles. The number of amides is 2. The molecular weight excluding hydrogens is 254 g/mol. The number of nitrogens with zero attached hydrogens (tertiary/aromatic N) is 2. The summed E-state index contributed by atoms with van der Waals surface area (Å²) in [5.74, 6) is -0.0874. The van der Waals surface area contributed by atoms with E-state index in [0.29, 0.717) is 37.1 Å². The van der Waals surface area contributed by atoms with Crippen LogP contribution in [0.5, 0.6) is 0 Å². The molecular formula is C11H15N3O3S. The van der Waals surface area contributed by atoms with Crippen LogP contribution in [0.2, 0.25) is 0 Å². The Hall–Kier alpha value is -1.47. The first-order valence-corrected chi connectivity index (χ1v) is 6.51. The van der Waals surface area contributed by atoms with Gasteiger partial charge in [-0.25, -0.2) is 9.78 Å². The highest BCUT2D eigenvalue weighted by molar-refractivity contribution is 7.16. The topological polar surface area (TPSA) is 71.5 Å². The SMILES string of the molecule is CC(=O)c1nc(NC(=O)N2CCOCC2)sc1C. The summed E-state index contributed by atoms with van der Waals surface area (Å²) in [7, 11) is 0. The van der Waals surface area contributed by atoms with Crippen molar-refractivity contribution in [2.45, 2.75) is 13.8 Å². The molecule has 2 amide bonds. The van der Waals surface area contributed by atoms with Crippen LogP contribution in [0.25, 0.3) is 0 Å². The fourth-order valence-corrected chi connectivity index (χ4v) is 2.56. The van der Waals surface area contributed by atoms with Crippen LogP contribution >= 0.6 is 11.3 Å². The van der Waals surface area contributed by atoms with Crippen molar-refractivity contribution in [3.63, 3.8) is 0 Å². The lowest BCUT2D eigenvalue weighted by Crippen LogP contribution is -2.43. The third-order valence-electron chi connectivity index (χ3n) is 2.64. The van der Waals surface area contributed by atoms with E-state index in [1.165, 1.54) is 18.3 Å². The third-order valence-corrected chi connectivity index (χ3v) is 3.53. The third kappa shape index (κ3) is 2.85. The van der Waals surface area contributed by atoms with Crippen LogP contribution in [-0.2, 0) is 4.74 Å². The first kappa shape index (κ1) is 13.0. The van der Waals surface area contributed by atoms with E-state index < -0.39 is 0 Å². The second-order valence-corrected chi connectivity index (χ2v) is 5.21. The van der Waals surface area contributed by atoms with Crippen molar-refractivity contribution in [3.05, 3.63) is 10.6 Å². The van der Waals surface area contributed by atoms with Gasteiger partial charge in [0.2, 0.25) is 0 Å². The highest BCUT2D eigenvalue weighted by Gasteiger charge is 2.19. The van der Waals surface area contributed by atoms with Crippen molar-refractivity contribution < 1.29 is 14.3 Å². The van der Waals surface area contributed by atoms with Gasteiger partial charge in [-0.3, -0.25) is 10.1 Å². The Balaban J connectivity index is 2.02. The molecule has 1 N–H and O–H groups in total. The molecule has 98 valence electrons. The number of hydrogen-bond donors (Lipinski definition) is 1. The first-order valence-electron chi connectivity index (χ1n) is 5.70. The van der Waals surface area contributed by atoms with Crippen LogP contribution in [-0.4, -0.2) is 48.0 Å². The van der Waals surface area contributed by atoms with Gasteiger partial charge in [-0.2, -0.15) is 0 Å². The molecule has 0 saturated carbocycles. The molecule has 1 aliphatic heterocycles. The maximum Gasteiger partial charge on any atom is 0.323 e. The summed E-state index contributed by atoms with van der Waals surface area (Å²) in [5, 5.41) is 3.18. The number of carbonyl (C=O) groups excluding carboxylic acids is 2. The van der Waals surface area contributed by atoms with E-state index in [0.717, 1.165) is 4.88 Å². The monoisotopic (exact) mass is 269 g/mol. The normalized spacial score (nSPS) is 15.6. The van der Waals surface area contributed by atoms with Gasteiger partial charge in [-0.1, -0.05) is 0 Å². The summed E-state index contributed by atoms with van der Waals surface area (Å²) in [6, 6.07) is -0.192. The van der Waals surface area contributed by atoms with Crippen molar-refractivity contribution in [2.24, 2.45) is 0 Å². The number of ketones is 1. The molecule has 2 heterocycles. The molecule has 0 aliphatic carbocycles. The number of Topliss-reactive ketones (excluding diaryl/α,β-unsaturated/α-hetero) is 1. The van der Waals surface area contributed by atoms with E-state index in [9.17, 15) is 9.59 Å². The van der Waals surface area contributed by atoms with Gasteiger partial charge in [-0.15, -0.1) is 11.3 Å². The van der Waals surface area contributed by atoms with Gasteiger partial charge < -0.3 is 9.64 Å². The highest BCUT2D eigenvalue weighted by Crippen LogP contribution is 2.22. The molecule has 0 spiro atoms. The van der Waals surface area contributed by atoms with Gasteiger partial charge in [0.15, 0.2) is 10.9 Å². The zero-order valence-electron chi connectivity index (χ0n) is 10.4. The zero-order chi connectivity index (χ0) is 13.1. The predicted octanol–water partition coefficient (Wildman–Crippen LogP) is 1.52. The van der Waals surface area contributed by atoms with Crippen LogP contribution in [0.15, 0.2) is 0 Å². The van der Waals surface area contributed by atoms with E-state index in [-0.39, 0.29) is 11.8 Å². The van der Waals surface area contributed by atoms with Crippen molar-refractivity contribution in [2.75, 3.05) is 31.6 Å². The number of thiazole rings is 1. The van der Waals surface area contributed by atoms with Gasteiger partial charge in [0, 0.05) is 24.9 Å². The highest BCUT2D eigenvalue weighted by atomic mass is 32.1. The number of nitrogens with one attached hydrogen (secondary N) is 1. The molecule has 1 aromatic rings. The summed E-state index contributed by atoms with van der Waals surface area (Å²) >= 11 is 1.31. The Morgan fingerprint density at radius 3 is 2.61 bits per heavy atom. The lowest BCUT2D eigenvalue weighted by atomic mass is 10.3. The molecule has 0 radical (unpaired) electrons. The standard InChI is InChI=1S/C11H15N3O3S/c1-7(15)9-8(2)18-10(12-9)13-11(16)14-3-5-17-6-4-14/h3-6H2,1-2H3,(H,12,13,16). The quantitative estimate of drug-likeness (QED) is 0.826. The molecule has 0 bridgehead atoms. The molecule has 6 nitrogen and oxygen atoms in total. The maximum absolute atomic E-state index is 11.9. The molecule has 2 rings (SSSR count). The number of aryl methyl sites for hydroxylation is 1. The molecule has 1 saturated heterocycles. The Bertz CT molecular complexity index is 466. The van der Waals surface area contributed by atoms with E-state index in [1.54, 1.807) is 4.90 Å². The molecule has 1 aliphatic rings. The van der Waals surface area contributed by atoms with Crippen LogP contribution in [0.3, 0.4) is 0 Å². The van der Waals surface area contributed by atoms with Crippen molar-refractivity contribution >= 4 is 28.3 Å². The number of morpholine rings is 1. The fourth-order valence-electron chi connectivity index (χ4n) is 1.71. The number of hydrogen-bond acceptors (Lipinski definition) is 5. The summed E-state index contributed by atoms with van der Waals surface area (Å²) in [6.07, 6.45) is 0. The maximum atomic E-state index is 11.9. The van der Waals surface area contributed by atoms with Gasteiger partial charge in [0.05, 0.1) is 13.2 Å². The fraction of sp³-hybridized carbons (Fsp3) is 0.545.